The van der Waals surface area contributed by atoms with Gasteiger partial charge in [-0.15, -0.1) is 11.8 Å². The third-order valence-electron chi connectivity index (χ3n) is 2.27. The summed E-state index contributed by atoms with van der Waals surface area (Å²) >= 11 is 6.67. The molecule has 0 aliphatic rings. The van der Waals surface area contributed by atoms with E-state index in [9.17, 15) is 0 Å². The number of nitrogens with two attached hydrogens (primary N) is 1. The van der Waals surface area contributed by atoms with Crippen molar-refractivity contribution in [3.05, 3.63) is 17.6 Å². The topological polar surface area (TPSA) is 51.8 Å². The molecular weight excluding hydrogens is 250 g/mol. The number of aromatic nitrogens is 2. The lowest BCUT2D eigenvalue weighted by Crippen LogP contribution is -2.13. The minimum Gasteiger partial charge on any atom is -0.388 e. The Morgan fingerprint density at radius 2 is 2.18 bits per heavy atom. The molecule has 1 aromatic rings. The van der Waals surface area contributed by atoms with E-state index in [0.717, 1.165) is 42.2 Å². The van der Waals surface area contributed by atoms with Crippen LogP contribution in [0.15, 0.2) is 11.2 Å². The first-order chi connectivity index (χ1) is 8.19. The van der Waals surface area contributed by atoms with Crippen molar-refractivity contribution in [2.24, 2.45) is 5.73 Å². The third-order valence-corrected chi connectivity index (χ3v) is 3.70. The molecule has 0 aliphatic carbocycles. The Labute approximate surface area is 113 Å². The second kappa shape index (κ2) is 7.61. The van der Waals surface area contributed by atoms with Crippen LogP contribution in [-0.2, 0) is 6.42 Å². The van der Waals surface area contributed by atoms with Crippen molar-refractivity contribution >= 4 is 29.0 Å². The van der Waals surface area contributed by atoms with E-state index in [4.69, 9.17) is 18.0 Å². The van der Waals surface area contributed by atoms with E-state index in [1.54, 1.807) is 18.0 Å². The Balaban J connectivity index is 2.90. The molecule has 0 saturated carbocycles. The molecule has 5 heteroatoms. The fourth-order valence-electron chi connectivity index (χ4n) is 1.35. The SMILES string of the molecule is CCCCc1ncc(C(N)=S)nc1SCCC. The molecular formula is C12H19N3S2. The average molecular weight is 269 g/mol. The van der Waals surface area contributed by atoms with Crippen molar-refractivity contribution in [3.63, 3.8) is 0 Å². The summed E-state index contributed by atoms with van der Waals surface area (Å²) in [5.74, 6) is 1.05. The Kier molecular flexibility index (Phi) is 6.44. The van der Waals surface area contributed by atoms with Crippen LogP contribution in [0.1, 0.15) is 44.5 Å². The molecule has 1 heterocycles. The van der Waals surface area contributed by atoms with Gasteiger partial charge in [-0.05, 0) is 25.0 Å². The largest absolute Gasteiger partial charge is 0.388 e. The Bertz CT molecular complexity index is 380. The summed E-state index contributed by atoms with van der Waals surface area (Å²) < 4.78 is 0. The molecule has 17 heavy (non-hydrogen) atoms. The molecule has 94 valence electrons. The van der Waals surface area contributed by atoms with Gasteiger partial charge in [-0.3, -0.25) is 4.98 Å². The van der Waals surface area contributed by atoms with E-state index in [0.29, 0.717) is 10.7 Å². The van der Waals surface area contributed by atoms with E-state index < -0.39 is 0 Å². The van der Waals surface area contributed by atoms with Gasteiger partial charge in [0, 0.05) is 0 Å². The maximum Gasteiger partial charge on any atom is 0.124 e. The predicted molar refractivity (Wildman–Crippen MR) is 77.5 cm³/mol. The highest BCUT2D eigenvalue weighted by atomic mass is 32.2. The summed E-state index contributed by atoms with van der Waals surface area (Å²) in [6.45, 7) is 4.33. The van der Waals surface area contributed by atoms with Crippen LogP contribution in [0.4, 0.5) is 0 Å². The van der Waals surface area contributed by atoms with Gasteiger partial charge in [0.15, 0.2) is 0 Å². The van der Waals surface area contributed by atoms with Gasteiger partial charge in [-0.25, -0.2) is 4.98 Å². The zero-order valence-corrected chi connectivity index (χ0v) is 12.0. The molecule has 1 aromatic heterocycles. The van der Waals surface area contributed by atoms with E-state index in [1.807, 2.05) is 0 Å². The maximum absolute atomic E-state index is 5.58. The van der Waals surface area contributed by atoms with E-state index >= 15 is 0 Å². The van der Waals surface area contributed by atoms with Crippen molar-refractivity contribution in [2.75, 3.05) is 5.75 Å². The molecule has 0 spiro atoms. The van der Waals surface area contributed by atoms with Gasteiger partial charge >= 0.3 is 0 Å². The molecule has 0 bridgehead atoms. The number of thiocarbonyl (C=S) groups is 1. The van der Waals surface area contributed by atoms with Gasteiger partial charge in [-0.1, -0.05) is 32.5 Å². The van der Waals surface area contributed by atoms with Crippen molar-refractivity contribution in [1.82, 2.24) is 9.97 Å². The van der Waals surface area contributed by atoms with Crippen LogP contribution < -0.4 is 5.73 Å². The normalized spacial score (nSPS) is 10.5. The monoisotopic (exact) mass is 269 g/mol. The summed E-state index contributed by atoms with van der Waals surface area (Å²) in [4.78, 5) is 9.25. The Morgan fingerprint density at radius 3 is 2.76 bits per heavy atom. The molecule has 0 fully saturated rings. The molecule has 2 N–H and O–H groups in total. The number of rotatable bonds is 7. The Morgan fingerprint density at radius 1 is 1.41 bits per heavy atom. The lowest BCUT2D eigenvalue weighted by molar-refractivity contribution is 0.749. The molecule has 3 nitrogen and oxygen atoms in total. The van der Waals surface area contributed by atoms with Crippen molar-refractivity contribution in [2.45, 2.75) is 44.6 Å². The van der Waals surface area contributed by atoms with Gasteiger partial charge in [-0.2, -0.15) is 0 Å². The van der Waals surface area contributed by atoms with Crippen LogP contribution in [0.5, 0.6) is 0 Å². The third kappa shape index (κ3) is 4.60. The van der Waals surface area contributed by atoms with Crippen LogP contribution in [-0.4, -0.2) is 20.7 Å². The van der Waals surface area contributed by atoms with Crippen molar-refractivity contribution < 1.29 is 0 Å². The van der Waals surface area contributed by atoms with Crippen molar-refractivity contribution in [1.29, 1.82) is 0 Å². The van der Waals surface area contributed by atoms with E-state index in [1.165, 1.54) is 0 Å². The number of hydrogen-bond acceptors (Lipinski definition) is 4. The van der Waals surface area contributed by atoms with Gasteiger partial charge in [0.1, 0.15) is 15.7 Å². The number of hydrogen-bond donors (Lipinski definition) is 1. The standard InChI is InChI=1S/C12H19N3S2/c1-3-5-6-9-12(17-7-4-2)15-10(8-14-9)11(13)16/h8H,3-7H2,1-2H3,(H2,13,16). The smallest absolute Gasteiger partial charge is 0.124 e. The molecule has 0 aliphatic heterocycles. The van der Waals surface area contributed by atoms with Crippen molar-refractivity contribution in [3.8, 4) is 0 Å². The van der Waals surface area contributed by atoms with Gasteiger partial charge in [0.25, 0.3) is 0 Å². The van der Waals surface area contributed by atoms with Gasteiger partial charge in [0.05, 0.1) is 11.9 Å². The lowest BCUT2D eigenvalue weighted by Gasteiger charge is -2.08. The molecule has 1 rings (SSSR count). The Hall–Kier alpha value is -0.680. The number of thioether (sulfide) groups is 1. The summed E-state index contributed by atoms with van der Waals surface area (Å²) in [5.41, 5.74) is 7.28. The highest BCUT2D eigenvalue weighted by Gasteiger charge is 2.09. The lowest BCUT2D eigenvalue weighted by atomic mass is 10.2. The summed E-state index contributed by atoms with van der Waals surface area (Å²) in [6, 6.07) is 0. The van der Waals surface area contributed by atoms with Crippen LogP contribution in [0, 0.1) is 0 Å². The van der Waals surface area contributed by atoms with Crippen LogP contribution in [0.25, 0.3) is 0 Å². The summed E-state index contributed by atoms with van der Waals surface area (Å²) in [6.07, 6.45) is 6.09. The molecule has 0 unspecified atom stereocenters. The molecule has 0 saturated heterocycles. The molecule has 0 aromatic carbocycles. The fourth-order valence-corrected chi connectivity index (χ4v) is 2.33. The van der Waals surface area contributed by atoms with Gasteiger partial charge in [0.2, 0.25) is 0 Å². The van der Waals surface area contributed by atoms with E-state index in [-0.39, 0.29) is 0 Å². The zero-order valence-electron chi connectivity index (χ0n) is 10.4. The second-order valence-corrected chi connectivity index (χ2v) is 5.35. The maximum atomic E-state index is 5.58. The quantitative estimate of drug-likeness (QED) is 0.609. The summed E-state index contributed by atoms with van der Waals surface area (Å²) in [7, 11) is 0. The average Bonchev–Trinajstić information content (AvgIpc) is 2.34. The first-order valence-corrected chi connectivity index (χ1v) is 7.36. The highest BCUT2D eigenvalue weighted by molar-refractivity contribution is 7.99. The fraction of sp³-hybridized carbons (Fsp3) is 0.583. The summed E-state index contributed by atoms with van der Waals surface area (Å²) in [5, 5.41) is 0.991. The second-order valence-electron chi connectivity index (χ2n) is 3.82. The minimum atomic E-state index is 0.317. The molecule has 0 amide bonds. The number of aryl methyl sites for hydroxylation is 1. The van der Waals surface area contributed by atoms with Crippen LogP contribution in [0.2, 0.25) is 0 Å². The van der Waals surface area contributed by atoms with Crippen LogP contribution in [0.3, 0.4) is 0 Å². The zero-order chi connectivity index (χ0) is 12.7. The molecule has 0 atom stereocenters. The predicted octanol–water partition coefficient (Wildman–Crippen LogP) is 2.96. The number of nitrogens with zero attached hydrogens (tertiary/aromatic N) is 2. The first kappa shape index (κ1) is 14.4. The number of unbranched alkanes of at least 4 members (excludes halogenated alkanes) is 1. The molecule has 0 radical (unpaired) electrons. The first-order valence-electron chi connectivity index (χ1n) is 5.97. The van der Waals surface area contributed by atoms with E-state index in [2.05, 4.69) is 23.8 Å². The van der Waals surface area contributed by atoms with Crippen LogP contribution >= 0.6 is 24.0 Å². The minimum absolute atomic E-state index is 0.317. The highest BCUT2D eigenvalue weighted by Crippen LogP contribution is 2.21. The van der Waals surface area contributed by atoms with Gasteiger partial charge < -0.3 is 5.73 Å².